The highest BCUT2D eigenvalue weighted by Crippen LogP contribution is 2.56. The zero-order valence-electron chi connectivity index (χ0n) is 35.9. The Kier molecular flexibility index (Phi) is 19.9. The fourth-order valence-electron chi connectivity index (χ4n) is 7.86. The first-order chi connectivity index (χ1) is 23.3. The molecule has 0 spiro atoms. The fraction of sp³-hybridized carbons (Fsp3) is 0.857. The maximum absolute atomic E-state index is 13.3. The Morgan fingerprint density at radius 2 is 0.769 bits per heavy atom. The molecule has 0 aliphatic heterocycles. The molecule has 306 valence electrons. The van der Waals surface area contributed by atoms with Crippen molar-refractivity contribution in [2.75, 3.05) is 13.2 Å². The van der Waals surface area contributed by atoms with Gasteiger partial charge in [-0.3, -0.25) is 9.05 Å². The molecule has 0 saturated heterocycles. The summed E-state index contributed by atoms with van der Waals surface area (Å²) in [5, 5.41) is 0. The third-order valence-corrected chi connectivity index (χ3v) is 12.4. The average molecular weight is 812 g/mol. The minimum Gasteiger partial charge on any atom is -0.413 e. The lowest BCUT2D eigenvalue weighted by atomic mass is 9.76. The monoisotopic (exact) mass is 810 g/mol. The van der Waals surface area contributed by atoms with Crippen LogP contribution in [0.3, 0.4) is 0 Å². The molecule has 0 fully saturated rings. The molecule has 1 aromatic carbocycles. The Morgan fingerprint density at radius 3 is 1.02 bits per heavy atom. The molecule has 1 aromatic rings. The summed E-state index contributed by atoms with van der Waals surface area (Å²) in [6, 6.07) is 6.18. The van der Waals surface area contributed by atoms with Gasteiger partial charge in [0.25, 0.3) is 0 Å². The molecule has 0 N–H and O–H groups in total. The van der Waals surface area contributed by atoms with Gasteiger partial charge in [-0.05, 0) is 120 Å². The van der Waals surface area contributed by atoms with E-state index in [1.54, 1.807) is 24.3 Å². The van der Waals surface area contributed by atoms with Gasteiger partial charge < -0.3 is 9.05 Å². The van der Waals surface area contributed by atoms with Crippen LogP contribution in [0.2, 0.25) is 0 Å². The van der Waals surface area contributed by atoms with Gasteiger partial charge in [0.15, 0.2) is 0 Å². The number of hydrogen-bond donors (Lipinski definition) is 0. The molecule has 8 unspecified atom stereocenters. The highest BCUT2D eigenvalue weighted by Gasteiger charge is 2.32. The van der Waals surface area contributed by atoms with E-state index in [1.807, 2.05) is 0 Å². The van der Waals surface area contributed by atoms with Crippen LogP contribution in [0.15, 0.2) is 24.3 Å². The Morgan fingerprint density at radius 1 is 0.500 bits per heavy atom. The zero-order chi connectivity index (χ0) is 40.3. The van der Waals surface area contributed by atoms with Gasteiger partial charge in [-0.1, -0.05) is 124 Å². The number of halogens is 2. The van der Waals surface area contributed by atoms with Gasteiger partial charge in [-0.25, -0.2) is 9.13 Å². The lowest BCUT2D eigenvalue weighted by Gasteiger charge is -2.31. The van der Waals surface area contributed by atoms with E-state index in [0.29, 0.717) is 23.7 Å². The van der Waals surface area contributed by atoms with Crippen LogP contribution in [-0.2, 0) is 18.2 Å². The van der Waals surface area contributed by atoms with Crippen LogP contribution in [0.25, 0.3) is 0 Å². The molecule has 0 saturated carbocycles. The van der Waals surface area contributed by atoms with Crippen molar-refractivity contribution in [3.8, 4) is 11.5 Å². The Labute approximate surface area is 330 Å². The largest absolute Gasteiger partial charge is 0.476 e. The SMILES string of the molecule is CC(CCC(COP(=O)(Cl)Oc1ccc(OP(=O)(Cl)OCC(CCC(C)CC(C)(C)C)C(C)CC(C)(C)C)cc1)C(C)CC(C)(C)C)CC(C)(C)C. The van der Waals surface area contributed by atoms with Crippen LogP contribution in [-0.4, -0.2) is 13.2 Å². The van der Waals surface area contributed by atoms with Crippen LogP contribution < -0.4 is 9.05 Å². The second kappa shape index (κ2) is 20.8. The Hall–Kier alpha value is -0.220. The third-order valence-electron chi connectivity index (χ3n) is 9.60. The van der Waals surface area contributed by atoms with E-state index in [4.69, 9.17) is 40.6 Å². The molecule has 0 amide bonds. The first kappa shape index (κ1) is 49.8. The third kappa shape index (κ3) is 24.3. The van der Waals surface area contributed by atoms with Gasteiger partial charge in [0.1, 0.15) is 11.5 Å². The summed E-state index contributed by atoms with van der Waals surface area (Å²) in [6.07, 6.45) is 8.38. The maximum atomic E-state index is 13.3. The first-order valence-electron chi connectivity index (χ1n) is 19.7. The predicted molar refractivity (Wildman–Crippen MR) is 225 cm³/mol. The van der Waals surface area contributed by atoms with Crippen molar-refractivity contribution in [2.24, 2.45) is 57.2 Å². The van der Waals surface area contributed by atoms with E-state index >= 15 is 0 Å². The summed E-state index contributed by atoms with van der Waals surface area (Å²) >= 11 is 12.7. The smallest absolute Gasteiger partial charge is 0.413 e. The van der Waals surface area contributed by atoms with Crippen LogP contribution >= 0.6 is 36.4 Å². The molecule has 0 aromatic heterocycles. The topological polar surface area (TPSA) is 71.1 Å². The summed E-state index contributed by atoms with van der Waals surface area (Å²) in [6.45, 7) is 28.8. The molecule has 0 radical (unpaired) electrons. The van der Waals surface area contributed by atoms with Gasteiger partial charge >= 0.3 is 13.9 Å². The standard InChI is InChI=1S/C42H78Cl2O6P2/c1-31(25-39(5,6)7)17-19-35(33(3)27-41(11,12)13)29-47-51(43,45)49-37-21-23-38(24-22-37)50-52(44,46)48-30-36(34(4)28-42(14,15)16)20-18-32(2)26-40(8,9)10/h21-24,31-36H,17-20,25-30H2,1-16H3. The minimum atomic E-state index is -3.94. The average Bonchev–Trinajstić information content (AvgIpc) is 2.89. The predicted octanol–water partition coefficient (Wildman–Crippen LogP) is 16.3. The number of rotatable bonds is 22. The van der Waals surface area contributed by atoms with Crippen molar-refractivity contribution in [3.63, 3.8) is 0 Å². The van der Waals surface area contributed by atoms with Crippen LogP contribution in [0, 0.1) is 57.2 Å². The van der Waals surface area contributed by atoms with Crippen molar-refractivity contribution >= 4 is 36.4 Å². The summed E-state index contributed by atoms with van der Waals surface area (Å²) in [5.74, 6) is 2.73. The zero-order valence-corrected chi connectivity index (χ0v) is 39.2. The van der Waals surface area contributed by atoms with Crippen molar-refractivity contribution in [2.45, 2.75) is 162 Å². The lowest BCUT2D eigenvalue weighted by molar-refractivity contribution is 0.142. The molecule has 10 heteroatoms. The van der Waals surface area contributed by atoms with Gasteiger partial charge in [0, 0.05) is 22.5 Å². The summed E-state index contributed by atoms with van der Waals surface area (Å²) in [7, 11) is 0. The number of benzene rings is 1. The summed E-state index contributed by atoms with van der Waals surface area (Å²) < 4.78 is 49.5. The van der Waals surface area contributed by atoms with E-state index in [-0.39, 0.29) is 58.2 Å². The quantitative estimate of drug-likeness (QED) is 0.109. The normalized spacial score (nSPS) is 19.1. The van der Waals surface area contributed by atoms with Crippen molar-refractivity contribution < 1.29 is 27.2 Å². The Bertz CT molecular complexity index is 1160. The van der Waals surface area contributed by atoms with Gasteiger partial charge in [0.05, 0.1) is 13.2 Å². The van der Waals surface area contributed by atoms with E-state index < -0.39 is 13.9 Å². The molecule has 0 aliphatic carbocycles. The van der Waals surface area contributed by atoms with E-state index in [9.17, 15) is 9.13 Å². The van der Waals surface area contributed by atoms with Crippen LogP contribution in [0.5, 0.6) is 11.5 Å². The lowest BCUT2D eigenvalue weighted by Crippen LogP contribution is -2.23. The van der Waals surface area contributed by atoms with Gasteiger partial charge in [-0.15, -0.1) is 0 Å². The molecule has 8 atom stereocenters. The molecule has 0 aliphatic rings. The maximum Gasteiger partial charge on any atom is 0.476 e. The first-order valence-corrected chi connectivity index (χ1v) is 24.6. The molecule has 0 bridgehead atoms. The van der Waals surface area contributed by atoms with E-state index in [2.05, 4.69) is 111 Å². The fourth-order valence-corrected chi connectivity index (χ4v) is 10.3. The van der Waals surface area contributed by atoms with Crippen molar-refractivity contribution in [3.05, 3.63) is 24.3 Å². The second-order valence-corrected chi connectivity index (χ2v) is 26.1. The van der Waals surface area contributed by atoms with Crippen molar-refractivity contribution in [1.29, 1.82) is 0 Å². The number of hydrogen-bond acceptors (Lipinski definition) is 6. The van der Waals surface area contributed by atoms with Crippen LogP contribution in [0.1, 0.15) is 162 Å². The molecule has 6 nitrogen and oxygen atoms in total. The highest BCUT2D eigenvalue weighted by atomic mass is 35.7. The summed E-state index contributed by atoms with van der Waals surface area (Å²) in [4.78, 5) is 0. The summed E-state index contributed by atoms with van der Waals surface area (Å²) in [5.41, 5.74) is 0.868. The Balaban J connectivity index is 2.89. The molecular weight excluding hydrogens is 733 g/mol. The molecule has 1 rings (SSSR count). The van der Waals surface area contributed by atoms with E-state index in [1.165, 1.54) is 0 Å². The van der Waals surface area contributed by atoms with Crippen LogP contribution in [0.4, 0.5) is 0 Å². The van der Waals surface area contributed by atoms with E-state index in [0.717, 1.165) is 51.4 Å². The second-order valence-electron chi connectivity index (χ2n) is 21.0. The highest BCUT2D eigenvalue weighted by molar-refractivity contribution is 7.82. The van der Waals surface area contributed by atoms with Gasteiger partial charge in [0.2, 0.25) is 0 Å². The minimum absolute atomic E-state index is 0.161. The molecular formula is C42H78Cl2O6P2. The van der Waals surface area contributed by atoms with Crippen molar-refractivity contribution in [1.82, 2.24) is 0 Å². The molecule has 0 heterocycles. The van der Waals surface area contributed by atoms with Gasteiger partial charge in [-0.2, -0.15) is 0 Å². The molecule has 52 heavy (non-hydrogen) atoms.